The zero-order chi connectivity index (χ0) is 13.4. The van der Waals surface area contributed by atoms with Crippen molar-refractivity contribution in [2.75, 3.05) is 6.54 Å². The Balaban J connectivity index is 2.24. The van der Waals surface area contributed by atoms with E-state index in [1.165, 1.54) is 0 Å². The van der Waals surface area contributed by atoms with Crippen LogP contribution >= 0.6 is 0 Å². The second-order valence-electron chi connectivity index (χ2n) is 3.99. The predicted octanol–water partition coefficient (Wildman–Crippen LogP) is 0.156. The molecule has 1 rings (SSSR count). The monoisotopic (exact) mass is 249 g/mol. The third kappa shape index (κ3) is 4.97. The van der Waals surface area contributed by atoms with Crippen molar-refractivity contribution < 1.29 is 9.59 Å². The summed E-state index contributed by atoms with van der Waals surface area (Å²) in [6.45, 7) is 2.23. The first-order valence-corrected chi connectivity index (χ1v) is 5.97. The smallest absolute Gasteiger partial charge is 0.239 e. The third-order valence-electron chi connectivity index (χ3n) is 2.53. The standard InChI is InChI=1S/C13H19N3O2/c1-2-11(14)13(18)16-9-12(17)15-8-10-6-4-3-5-7-10/h3-7,11H,2,8-9,14H2,1H3,(H,15,17)(H,16,18)/t11-/m1/s1. The number of nitrogens with two attached hydrogens (primary N) is 1. The van der Waals surface area contributed by atoms with Crippen LogP contribution in [-0.4, -0.2) is 24.4 Å². The molecule has 1 aromatic carbocycles. The molecule has 0 aliphatic heterocycles. The molecule has 4 N–H and O–H groups in total. The number of hydrogen-bond acceptors (Lipinski definition) is 3. The Labute approximate surface area is 107 Å². The van der Waals surface area contributed by atoms with Crippen LogP contribution in [0.1, 0.15) is 18.9 Å². The molecule has 1 aromatic rings. The van der Waals surface area contributed by atoms with Gasteiger partial charge in [-0.05, 0) is 12.0 Å². The fourth-order valence-electron chi connectivity index (χ4n) is 1.34. The quantitative estimate of drug-likeness (QED) is 0.671. The van der Waals surface area contributed by atoms with Crippen LogP contribution in [0, 0.1) is 0 Å². The van der Waals surface area contributed by atoms with Gasteiger partial charge < -0.3 is 16.4 Å². The highest BCUT2D eigenvalue weighted by molar-refractivity contribution is 5.87. The van der Waals surface area contributed by atoms with Crippen molar-refractivity contribution in [3.05, 3.63) is 35.9 Å². The van der Waals surface area contributed by atoms with E-state index >= 15 is 0 Å². The summed E-state index contributed by atoms with van der Waals surface area (Å²) in [6, 6.07) is 9.02. The number of benzene rings is 1. The van der Waals surface area contributed by atoms with E-state index in [0.717, 1.165) is 5.56 Å². The molecule has 18 heavy (non-hydrogen) atoms. The molecule has 0 aromatic heterocycles. The summed E-state index contributed by atoms with van der Waals surface area (Å²) in [4.78, 5) is 22.8. The Hall–Kier alpha value is -1.88. The van der Waals surface area contributed by atoms with Crippen molar-refractivity contribution in [2.45, 2.75) is 25.9 Å². The molecule has 5 nitrogen and oxygen atoms in total. The van der Waals surface area contributed by atoms with Gasteiger partial charge in [0.1, 0.15) is 0 Å². The fraction of sp³-hybridized carbons (Fsp3) is 0.385. The highest BCUT2D eigenvalue weighted by Gasteiger charge is 2.11. The van der Waals surface area contributed by atoms with Crippen LogP contribution in [0.5, 0.6) is 0 Å². The van der Waals surface area contributed by atoms with E-state index < -0.39 is 6.04 Å². The molecule has 5 heteroatoms. The van der Waals surface area contributed by atoms with E-state index in [2.05, 4.69) is 10.6 Å². The maximum Gasteiger partial charge on any atom is 0.239 e. The number of carbonyl (C=O) groups is 2. The normalized spacial score (nSPS) is 11.7. The molecule has 1 atom stereocenters. The summed E-state index contributed by atoms with van der Waals surface area (Å²) in [7, 11) is 0. The molecule has 0 spiro atoms. The maximum absolute atomic E-state index is 11.5. The zero-order valence-corrected chi connectivity index (χ0v) is 10.5. The molecular weight excluding hydrogens is 230 g/mol. The van der Waals surface area contributed by atoms with Gasteiger partial charge >= 0.3 is 0 Å². The van der Waals surface area contributed by atoms with Crippen molar-refractivity contribution in [2.24, 2.45) is 5.73 Å². The lowest BCUT2D eigenvalue weighted by Crippen LogP contribution is -2.44. The molecule has 98 valence electrons. The van der Waals surface area contributed by atoms with Gasteiger partial charge in [-0.3, -0.25) is 9.59 Å². The van der Waals surface area contributed by atoms with Crippen LogP contribution in [0.15, 0.2) is 30.3 Å². The molecule has 2 amide bonds. The largest absolute Gasteiger partial charge is 0.350 e. The Morgan fingerprint density at radius 2 is 1.89 bits per heavy atom. The van der Waals surface area contributed by atoms with Gasteiger partial charge in [-0.1, -0.05) is 37.3 Å². The lowest BCUT2D eigenvalue weighted by atomic mass is 10.2. The van der Waals surface area contributed by atoms with E-state index in [0.29, 0.717) is 13.0 Å². The first-order chi connectivity index (χ1) is 8.63. The van der Waals surface area contributed by atoms with Gasteiger partial charge in [0.05, 0.1) is 12.6 Å². The summed E-state index contributed by atoms with van der Waals surface area (Å²) >= 11 is 0. The summed E-state index contributed by atoms with van der Waals surface area (Å²) < 4.78 is 0. The van der Waals surface area contributed by atoms with E-state index in [9.17, 15) is 9.59 Å². The minimum atomic E-state index is -0.549. The highest BCUT2D eigenvalue weighted by Crippen LogP contribution is 1.96. The molecule has 0 unspecified atom stereocenters. The first kappa shape index (κ1) is 14.2. The minimum absolute atomic E-state index is 0.0423. The second kappa shape index (κ2) is 7.45. The Bertz CT molecular complexity index is 392. The summed E-state index contributed by atoms with van der Waals surface area (Å²) in [5.74, 6) is -0.525. The molecule has 0 bridgehead atoms. The van der Waals surface area contributed by atoms with E-state index in [-0.39, 0.29) is 18.4 Å². The Morgan fingerprint density at radius 3 is 2.50 bits per heavy atom. The van der Waals surface area contributed by atoms with Gasteiger partial charge in [-0.15, -0.1) is 0 Å². The summed E-state index contributed by atoms with van der Waals surface area (Å²) in [5.41, 5.74) is 6.54. The van der Waals surface area contributed by atoms with E-state index in [1.54, 1.807) is 0 Å². The van der Waals surface area contributed by atoms with Gasteiger partial charge in [-0.2, -0.15) is 0 Å². The molecule has 0 aliphatic carbocycles. The van der Waals surface area contributed by atoms with Gasteiger partial charge in [-0.25, -0.2) is 0 Å². The molecule has 0 radical (unpaired) electrons. The van der Waals surface area contributed by atoms with Crippen LogP contribution in [0.3, 0.4) is 0 Å². The summed E-state index contributed by atoms with van der Waals surface area (Å²) in [6.07, 6.45) is 0.553. The van der Waals surface area contributed by atoms with Crippen LogP contribution in [0.25, 0.3) is 0 Å². The lowest BCUT2D eigenvalue weighted by Gasteiger charge is -2.10. The van der Waals surface area contributed by atoms with E-state index in [1.807, 2.05) is 37.3 Å². The third-order valence-corrected chi connectivity index (χ3v) is 2.53. The molecule has 0 aliphatic rings. The topological polar surface area (TPSA) is 84.2 Å². The second-order valence-corrected chi connectivity index (χ2v) is 3.99. The number of hydrogen-bond donors (Lipinski definition) is 3. The van der Waals surface area contributed by atoms with Crippen molar-refractivity contribution in [3.63, 3.8) is 0 Å². The molecule has 0 saturated heterocycles. The average Bonchev–Trinajstić information content (AvgIpc) is 2.42. The van der Waals surface area contributed by atoms with Gasteiger partial charge in [0.15, 0.2) is 0 Å². The number of rotatable bonds is 6. The number of carbonyl (C=O) groups excluding carboxylic acids is 2. The van der Waals surface area contributed by atoms with Gasteiger partial charge in [0.25, 0.3) is 0 Å². The van der Waals surface area contributed by atoms with Crippen LogP contribution in [0.2, 0.25) is 0 Å². The van der Waals surface area contributed by atoms with Crippen molar-refractivity contribution in [1.82, 2.24) is 10.6 Å². The zero-order valence-electron chi connectivity index (χ0n) is 10.5. The maximum atomic E-state index is 11.5. The van der Waals surface area contributed by atoms with Crippen LogP contribution in [-0.2, 0) is 16.1 Å². The number of amides is 2. The number of nitrogens with one attached hydrogen (secondary N) is 2. The van der Waals surface area contributed by atoms with Crippen molar-refractivity contribution >= 4 is 11.8 Å². The fourth-order valence-corrected chi connectivity index (χ4v) is 1.34. The van der Waals surface area contributed by atoms with Crippen molar-refractivity contribution in [1.29, 1.82) is 0 Å². The van der Waals surface area contributed by atoms with Crippen molar-refractivity contribution in [3.8, 4) is 0 Å². The SMILES string of the molecule is CC[C@@H](N)C(=O)NCC(=O)NCc1ccccc1. The molecule has 0 saturated carbocycles. The van der Waals surface area contributed by atoms with E-state index in [4.69, 9.17) is 5.73 Å². The summed E-state index contributed by atoms with van der Waals surface area (Å²) in [5, 5.41) is 5.21. The molecule has 0 heterocycles. The highest BCUT2D eigenvalue weighted by atomic mass is 16.2. The Morgan fingerprint density at radius 1 is 1.22 bits per heavy atom. The van der Waals surface area contributed by atoms with Gasteiger partial charge in [0, 0.05) is 6.54 Å². The first-order valence-electron chi connectivity index (χ1n) is 5.97. The molecular formula is C13H19N3O2. The Kier molecular flexibility index (Phi) is 5.87. The minimum Gasteiger partial charge on any atom is -0.350 e. The van der Waals surface area contributed by atoms with Crippen LogP contribution < -0.4 is 16.4 Å². The van der Waals surface area contributed by atoms with Crippen LogP contribution in [0.4, 0.5) is 0 Å². The predicted molar refractivity (Wildman–Crippen MR) is 69.6 cm³/mol. The average molecular weight is 249 g/mol. The lowest BCUT2D eigenvalue weighted by molar-refractivity contribution is -0.126. The molecule has 0 fully saturated rings. The van der Waals surface area contributed by atoms with Gasteiger partial charge in [0.2, 0.25) is 11.8 Å².